The molecule has 0 unspecified atom stereocenters. The Morgan fingerprint density at radius 2 is 1.92 bits per heavy atom. The van der Waals surface area contributed by atoms with E-state index in [1.807, 2.05) is 12.1 Å². The maximum absolute atomic E-state index is 12.5. The van der Waals surface area contributed by atoms with Gasteiger partial charge in [0, 0.05) is 37.1 Å². The van der Waals surface area contributed by atoms with Crippen LogP contribution in [0.5, 0.6) is 0 Å². The van der Waals surface area contributed by atoms with Crippen LogP contribution in [-0.2, 0) is 11.3 Å². The van der Waals surface area contributed by atoms with Crippen LogP contribution in [0.1, 0.15) is 37.7 Å². The number of halogens is 1. The highest BCUT2D eigenvalue weighted by molar-refractivity contribution is 6.31. The molecule has 0 N–H and O–H groups in total. The Balaban J connectivity index is 1.37. The molecular weight excluding hydrogens is 346 g/mol. The SMILES string of the molecule is CN1CC[C@H](N2CC3(CCC2=O)CCN(Cc2ccccc2Cl)CC3)C1. The minimum atomic E-state index is 0.339. The van der Waals surface area contributed by atoms with Crippen LogP contribution in [0.2, 0.25) is 5.02 Å². The van der Waals surface area contributed by atoms with Crippen LogP contribution in [0.4, 0.5) is 0 Å². The van der Waals surface area contributed by atoms with Crippen molar-refractivity contribution in [2.45, 2.75) is 44.7 Å². The first kappa shape index (κ1) is 18.3. The summed E-state index contributed by atoms with van der Waals surface area (Å²) in [5.41, 5.74) is 1.56. The molecule has 3 fully saturated rings. The molecule has 1 amide bonds. The van der Waals surface area contributed by atoms with Gasteiger partial charge in [0.1, 0.15) is 0 Å². The molecule has 26 heavy (non-hydrogen) atoms. The predicted molar refractivity (Wildman–Crippen MR) is 105 cm³/mol. The molecule has 3 saturated heterocycles. The van der Waals surface area contributed by atoms with Crippen molar-refractivity contribution < 1.29 is 4.79 Å². The first-order chi connectivity index (χ1) is 12.5. The first-order valence-corrected chi connectivity index (χ1v) is 10.4. The van der Waals surface area contributed by atoms with Gasteiger partial charge >= 0.3 is 0 Å². The normalized spacial score (nSPS) is 27.4. The van der Waals surface area contributed by atoms with Crippen molar-refractivity contribution in [2.24, 2.45) is 5.41 Å². The molecule has 1 spiro atoms. The number of nitrogens with zero attached hydrogens (tertiary/aromatic N) is 3. The van der Waals surface area contributed by atoms with E-state index in [-0.39, 0.29) is 0 Å². The van der Waals surface area contributed by atoms with Crippen LogP contribution in [0.15, 0.2) is 24.3 Å². The number of likely N-dealkylation sites (N-methyl/N-ethyl adjacent to an activating group) is 1. The summed E-state index contributed by atoms with van der Waals surface area (Å²) in [6, 6.07) is 8.60. The molecule has 4 nitrogen and oxygen atoms in total. The van der Waals surface area contributed by atoms with E-state index in [2.05, 4.69) is 33.9 Å². The summed E-state index contributed by atoms with van der Waals surface area (Å²) in [6.45, 7) is 6.29. The molecule has 0 radical (unpaired) electrons. The molecule has 3 aliphatic heterocycles. The predicted octanol–water partition coefficient (Wildman–Crippen LogP) is 3.25. The zero-order valence-corrected chi connectivity index (χ0v) is 16.5. The van der Waals surface area contributed by atoms with Crippen molar-refractivity contribution in [1.82, 2.24) is 14.7 Å². The van der Waals surface area contributed by atoms with Gasteiger partial charge in [0.2, 0.25) is 5.91 Å². The van der Waals surface area contributed by atoms with Gasteiger partial charge in [-0.05, 0) is 69.4 Å². The Kier molecular flexibility index (Phi) is 5.27. The molecule has 3 aliphatic rings. The van der Waals surface area contributed by atoms with Gasteiger partial charge < -0.3 is 9.80 Å². The summed E-state index contributed by atoms with van der Waals surface area (Å²) in [6.07, 6.45) is 5.35. The summed E-state index contributed by atoms with van der Waals surface area (Å²) >= 11 is 6.33. The number of hydrogen-bond donors (Lipinski definition) is 0. The molecule has 0 saturated carbocycles. The fraction of sp³-hybridized carbons (Fsp3) is 0.667. The van der Waals surface area contributed by atoms with E-state index in [1.165, 1.54) is 18.4 Å². The fourth-order valence-electron chi connectivity index (χ4n) is 5.00. The highest BCUT2D eigenvalue weighted by Gasteiger charge is 2.43. The monoisotopic (exact) mass is 375 g/mol. The molecule has 0 aromatic heterocycles. The Morgan fingerprint density at radius 1 is 1.15 bits per heavy atom. The largest absolute Gasteiger partial charge is 0.338 e. The summed E-state index contributed by atoms with van der Waals surface area (Å²) in [5, 5.41) is 0.868. The van der Waals surface area contributed by atoms with Crippen molar-refractivity contribution in [1.29, 1.82) is 0 Å². The average molecular weight is 376 g/mol. The molecule has 0 aliphatic carbocycles. The lowest BCUT2D eigenvalue weighted by Gasteiger charge is -2.49. The van der Waals surface area contributed by atoms with Crippen molar-refractivity contribution in [3.63, 3.8) is 0 Å². The molecule has 1 aromatic carbocycles. The average Bonchev–Trinajstić information content (AvgIpc) is 3.07. The van der Waals surface area contributed by atoms with Gasteiger partial charge in [0.25, 0.3) is 0 Å². The van der Waals surface area contributed by atoms with Crippen LogP contribution >= 0.6 is 11.6 Å². The van der Waals surface area contributed by atoms with E-state index < -0.39 is 0 Å². The number of amides is 1. The van der Waals surface area contributed by atoms with Gasteiger partial charge in [-0.15, -0.1) is 0 Å². The zero-order valence-electron chi connectivity index (χ0n) is 15.8. The second kappa shape index (κ2) is 7.49. The Hall–Kier alpha value is -1.10. The van der Waals surface area contributed by atoms with E-state index in [0.29, 0.717) is 17.4 Å². The second-order valence-corrected chi connectivity index (χ2v) is 9.00. The number of piperidine rings is 2. The van der Waals surface area contributed by atoms with Gasteiger partial charge in [0.05, 0.1) is 0 Å². The zero-order chi connectivity index (χ0) is 18.1. The van der Waals surface area contributed by atoms with Crippen LogP contribution < -0.4 is 0 Å². The highest BCUT2D eigenvalue weighted by Crippen LogP contribution is 2.41. The highest BCUT2D eigenvalue weighted by atomic mass is 35.5. The number of likely N-dealkylation sites (tertiary alicyclic amines) is 3. The lowest BCUT2D eigenvalue weighted by molar-refractivity contribution is -0.142. The van der Waals surface area contributed by atoms with Crippen LogP contribution in [-0.4, -0.2) is 66.4 Å². The van der Waals surface area contributed by atoms with Gasteiger partial charge in [-0.25, -0.2) is 0 Å². The van der Waals surface area contributed by atoms with Gasteiger partial charge in [0.15, 0.2) is 0 Å². The maximum atomic E-state index is 12.5. The van der Waals surface area contributed by atoms with Crippen molar-refractivity contribution in [2.75, 3.05) is 39.8 Å². The van der Waals surface area contributed by atoms with E-state index >= 15 is 0 Å². The Bertz CT molecular complexity index is 656. The molecule has 1 atom stereocenters. The Labute approximate surface area is 162 Å². The first-order valence-electron chi connectivity index (χ1n) is 9.98. The van der Waals surface area contributed by atoms with Crippen molar-refractivity contribution >= 4 is 17.5 Å². The van der Waals surface area contributed by atoms with E-state index in [9.17, 15) is 4.79 Å². The van der Waals surface area contributed by atoms with Gasteiger partial charge in [-0.2, -0.15) is 0 Å². The number of rotatable bonds is 3. The molecule has 5 heteroatoms. The van der Waals surface area contributed by atoms with Crippen LogP contribution in [0.3, 0.4) is 0 Å². The van der Waals surface area contributed by atoms with Crippen LogP contribution in [0, 0.1) is 5.41 Å². The van der Waals surface area contributed by atoms with E-state index in [1.54, 1.807) is 0 Å². The fourth-order valence-corrected chi connectivity index (χ4v) is 5.20. The van der Waals surface area contributed by atoms with E-state index in [0.717, 1.165) is 63.6 Å². The maximum Gasteiger partial charge on any atom is 0.222 e. The minimum absolute atomic E-state index is 0.339. The lowest BCUT2D eigenvalue weighted by atomic mass is 9.72. The number of benzene rings is 1. The Morgan fingerprint density at radius 3 is 2.62 bits per heavy atom. The third-order valence-electron chi connectivity index (χ3n) is 6.77. The third-order valence-corrected chi connectivity index (χ3v) is 7.14. The standard InChI is InChI=1S/C21H30ClN3O/c1-23-11-7-18(15-23)25-16-21(8-6-20(25)26)9-12-24(13-10-21)14-17-4-2-3-5-19(17)22/h2-5,18H,6-16H2,1H3/t18-/m0/s1. The summed E-state index contributed by atoms with van der Waals surface area (Å²) in [5.74, 6) is 0.384. The number of carbonyl (C=O) groups is 1. The topological polar surface area (TPSA) is 26.8 Å². The summed E-state index contributed by atoms with van der Waals surface area (Å²) in [7, 11) is 2.16. The van der Waals surface area contributed by atoms with Gasteiger partial charge in [-0.3, -0.25) is 9.69 Å². The molecule has 3 heterocycles. The summed E-state index contributed by atoms with van der Waals surface area (Å²) in [4.78, 5) is 19.6. The minimum Gasteiger partial charge on any atom is -0.338 e. The second-order valence-electron chi connectivity index (χ2n) is 8.59. The van der Waals surface area contributed by atoms with Gasteiger partial charge in [-0.1, -0.05) is 29.8 Å². The quantitative estimate of drug-likeness (QED) is 0.811. The molecule has 4 rings (SSSR count). The number of carbonyl (C=O) groups excluding carboxylic acids is 1. The molecule has 142 valence electrons. The number of hydrogen-bond acceptors (Lipinski definition) is 3. The lowest BCUT2D eigenvalue weighted by Crippen LogP contribution is -2.54. The summed E-state index contributed by atoms with van der Waals surface area (Å²) < 4.78 is 0. The molecular formula is C21H30ClN3O. The van der Waals surface area contributed by atoms with Crippen LogP contribution in [0.25, 0.3) is 0 Å². The van der Waals surface area contributed by atoms with Crippen molar-refractivity contribution in [3.8, 4) is 0 Å². The van der Waals surface area contributed by atoms with Crippen molar-refractivity contribution in [3.05, 3.63) is 34.9 Å². The molecule has 1 aromatic rings. The molecule has 0 bridgehead atoms. The third kappa shape index (κ3) is 3.78. The van der Waals surface area contributed by atoms with E-state index in [4.69, 9.17) is 11.6 Å². The smallest absolute Gasteiger partial charge is 0.222 e.